The van der Waals surface area contributed by atoms with E-state index in [-0.39, 0.29) is 11.5 Å². The molecule has 0 spiro atoms. The highest BCUT2D eigenvalue weighted by atomic mass is 16.5. The molecule has 2 rings (SSSR count). The summed E-state index contributed by atoms with van der Waals surface area (Å²) in [6.45, 7) is 6.49. The molecule has 1 aliphatic carbocycles. The lowest BCUT2D eigenvalue weighted by Gasteiger charge is -2.53. The molecule has 4 nitrogen and oxygen atoms in total. The third-order valence-electron chi connectivity index (χ3n) is 4.96. The topological polar surface area (TPSA) is 59.6 Å². The van der Waals surface area contributed by atoms with Gasteiger partial charge in [0.05, 0.1) is 12.1 Å². The van der Waals surface area contributed by atoms with Crippen LogP contribution >= 0.6 is 0 Å². The minimum Gasteiger partial charge on any atom is -0.381 e. The Morgan fingerprint density at radius 1 is 1.33 bits per heavy atom. The first-order chi connectivity index (χ1) is 10.1. The van der Waals surface area contributed by atoms with E-state index in [1.165, 1.54) is 5.56 Å². The van der Waals surface area contributed by atoms with Crippen LogP contribution in [-0.4, -0.2) is 25.2 Å². The summed E-state index contributed by atoms with van der Waals surface area (Å²) in [6.07, 6.45) is 3.38. The summed E-state index contributed by atoms with van der Waals surface area (Å²) in [4.78, 5) is 4.70. The first kappa shape index (κ1) is 15.8. The average Bonchev–Trinajstić information content (AvgIpc) is 2.47. The zero-order chi connectivity index (χ0) is 15.5. The van der Waals surface area contributed by atoms with E-state index in [1.807, 2.05) is 12.1 Å². The van der Waals surface area contributed by atoms with Crippen molar-refractivity contribution < 1.29 is 4.74 Å². The van der Waals surface area contributed by atoms with Crippen molar-refractivity contribution in [2.75, 3.05) is 12.4 Å². The second-order valence-corrected chi connectivity index (χ2v) is 5.92. The van der Waals surface area contributed by atoms with Crippen molar-refractivity contribution in [2.45, 2.75) is 52.2 Å². The Morgan fingerprint density at radius 2 is 1.95 bits per heavy atom. The number of aliphatic imine (C=N–C) groups is 1. The van der Waals surface area contributed by atoms with E-state index in [9.17, 15) is 0 Å². The van der Waals surface area contributed by atoms with Gasteiger partial charge in [-0.2, -0.15) is 0 Å². The fourth-order valence-corrected chi connectivity index (χ4v) is 3.40. The Kier molecular flexibility index (Phi) is 4.88. The molecule has 3 N–H and O–H groups in total. The van der Waals surface area contributed by atoms with Crippen LogP contribution in [0.15, 0.2) is 29.3 Å². The molecule has 116 valence electrons. The number of guanidine groups is 1. The lowest BCUT2D eigenvalue weighted by Crippen LogP contribution is -2.57. The first-order valence-electron chi connectivity index (χ1n) is 7.75. The Labute approximate surface area is 127 Å². The lowest BCUT2D eigenvalue weighted by atomic mass is 9.59. The van der Waals surface area contributed by atoms with Crippen LogP contribution in [0.5, 0.6) is 0 Å². The molecular formula is C17H27N3O. The second-order valence-electron chi connectivity index (χ2n) is 5.92. The molecule has 0 aromatic heterocycles. The van der Waals surface area contributed by atoms with Crippen molar-refractivity contribution in [1.82, 2.24) is 0 Å². The molecule has 0 radical (unpaired) electrons. The van der Waals surface area contributed by atoms with Crippen LogP contribution in [0, 0.1) is 12.3 Å². The number of aryl methyl sites for hydroxylation is 1. The quantitative estimate of drug-likeness (QED) is 0.646. The maximum atomic E-state index is 6.07. The highest BCUT2D eigenvalue weighted by Crippen LogP contribution is 2.50. The van der Waals surface area contributed by atoms with Gasteiger partial charge in [0.1, 0.15) is 0 Å². The van der Waals surface area contributed by atoms with Gasteiger partial charge in [-0.25, -0.2) is 4.99 Å². The third-order valence-corrected chi connectivity index (χ3v) is 4.96. The van der Waals surface area contributed by atoms with Gasteiger partial charge in [0.15, 0.2) is 5.96 Å². The van der Waals surface area contributed by atoms with Crippen LogP contribution in [0.3, 0.4) is 0 Å². The molecule has 2 atom stereocenters. The molecule has 1 aliphatic rings. The highest BCUT2D eigenvalue weighted by Gasteiger charge is 2.53. The van der Waals surface area contributed by atoms with Crippen molar-refractivity contribution in [3.05, 3.63) is 29.8 Å². The standard InChI is InChI=1S/C17H27N3O/c1-5-17(6-2)14(11-15(17)21-4)20-16(18)19-13-9-7-12(3)8-10-13/h7-10,14-15H,5-6,11H2,1-4H3,(H3,18,19,20). The number of nitrogens with one attached hydrogen (secondary N) is 1. The molecule has 1 aromatic carbocycles. The number of hydrogen-bond donors (Lipinski definition) is 2. The van der Waals surface area contributed by atoms with E-state index in [2.05, 4.69) is 38.2 Å². The average molecular weight is 289 g/mol. The summed E-state index contributed by atoms with van der Waals surface area (Å²) < 4.78 is 5.60. The summed E-state index contributed by atoms with van der Waals surface area (Å²) in [5, 5.41) is 3.17. The smallest absolute Gasteiger partial charge is 0.193 e. The molecule has 1 fully saturated rings. The van der Waals surface area contributed by atoms with Crippen molar-refractivity contribution in [3.8, 4) is 0 Å². The minimum atomic E-state index is 0.133. The first-order valence-corrected chi connectivity index (χ1v) is 7.75. The number of hydrogen-bond acceptors (Lipinski definition) is 2. The molecule has 1 aromatic rings. The number of anilines is 1. The Bertz CT molecular complexity index is 491. The summed E-state index contributed by atoms with van der Waals surface area (Å²) in [5.41, 5.74) is 8.41. The van der Waals surface area contributed by atoms with Gasteiger partial charge in [-0.3, -0.25) is 0 Å². The number of benzene rings is 1. The van der Waals surface area contributed by atoms with Crippen LogP contribution in [-0.2, 0) is 4.74 Å². The molecule has 21 heavy (non-hydrogen) atoms. The van der Waals surface area contributed by atoms with E-state index < -0.39 is 0 Å². The third kappa shape index (κ3) is 3.05. The van der Waals surface area contributed by atoms with Gasteiger partial charge in [-0.05, 0) is 38.3 Å². The van der Waals surface area contributed by atoms with Gasteiger partial charge in [0, 0.05) is 18.2 Å². The zero-order valence-electron chi connectivity index (χ0n) is 13.5. The van der Waals surface area contributed by atoms with Crippen LogP contribution in [0.4, 0.5) is 5.69 Å². The molecule has 1 saturated carbocycles. The Hall–Kier alpha value is -1.55. The van der Waals surface area contributed by atoms with Gasteiger partial charge < -0.3 is 15.8 Å². The molecular weight excluding hydrogens is 262 g/mol. The van der Waals surface area contributed by atoms with Crippen molar-refractivity contribution in [1.29, 1.82) is 0 Å². The number of ether oxygens (including phenoxy) is 1. The van der Waals surface area contributed by atoms with Crippen LogP contribution in [0.1, 0.15) is 38.7 Å². The van der Waals surface area contributed by atoms with Crippen LogP contribution in [0.2, 0.25) is 0 Å². The zero-order valence-corrected chi connectivity index (χ0v) is 13.5. The van der Waals surface area contributed by atoms with Gasteiger partial charge in [0.25, 0.3) is 0 Å². The van der Waals surface area contributed by atoms with Gasteiger partial charge in [-0.1, -0.05) is 31.5 Å². The minimum absolute atomic E-state index is 0.133. The predicted octanol–water partition coefficient (Wildman–Crippen LogP) is 3.32. The van der Waals surface area contributed by atoms with E-state index in [0.717, 1.165) is 24.9 Å². The maximum absolute atomic E-state index is 6.07. The lowest BCUT2D eigenvalue weighted by molar-refractivity contribution is -0.111. The van der Waals surface area contributed by atoms with Crippen molar-refractivity contribution in [2.24, 2.45) is 16.1 Å². The normalized spacial score (nSPS) is 24.5. The van der Waals surface area contributed by atoms with Gasteiger partial charge in [0.2, 0.25) is 0 Å². The predicted molar refractivity (Wildman–Crippen MR) is 88.6 cm³/mol. The fourth-order valence-electron chi connectivity index (χ4n) is 3.40. The van der Waals surface area contributed by atoms with E-state index >= 15 is 0 Å². The monoisotopic (exact) mass is 289 g/mol. The van der Waals surface area contributed by atoms with Crippen molar-refractivity contribution >= 4 is 11.6 Å². The maximum Gasteiger partial charge on any atom is 0.193 e. The summed E-state index contributed by atoms with van der Waals surface area (Å²) in [5.74, 6) is 0.490. The molecule has 0 aliphatic heterocycles. The molecule has 0 heterocycles. The highest BCUT2D eigenvalue weighted by molar-refractivity contribution is 5.92. The SMILES string of the molecule is CCC1(CC)C(N=C(N)Nc2ccc(C)cc2)CC1OC. The number of methoxy groups -OCH3 is 1. The fraction of sp³-hybridized carbons (Fsp3) is 0.588. The van der Waals surface area contributed by atoms with E-state index in [0.29, 0.717) is 12.1 Å². The summed E-state index contributed by atoms with van der Waals surface area (Å²) in [7, 11) is 1.79. The van der Waals surface area contributed by atoms with E-state index in [1.54, 1.807) is 7.11 Å². The Morgan fingerprint density at radius 3 is 2.48 bits per heavy atom. The largest absolute Gasteiger partial charge is 0.381 e. The number of nitrogens with zero attached hydrogens (tertiary/aromatic N) is 1. The Balaban J connectivity index is 2.06. The molecule has 4 heteroatoms. The van der Waals surface area contributed by atoms with E-state index in [4.69, 9.17) is 15.5 Å². The summed E-state index contributed by atoms with van der Waals surface area (Å²) in [6, 6.07) is 8.40. The number of rotatable bonds is 5. The molecule has 0 amide bonds. The second kappa shape index (κ2) is 6.48. The van der Waals surface area contributed by atoms with Crippen LogP contribution in [0.25, 0.3) is 0 Å². The molecule has 0 bridgehead atoms. The summed E-state index contributed by atoms with van der Waals surface area (Å²) >= 11 is 0. The van der Waals surface area contributed by atoms with Crippen LogP contribution < -0.4 is 11.1 Å². The van der Waals surface area contributed by atoms with Crippen molar-refractivity contribution in [3.63, 3.8) is 0 Å². The van der Waals surface area contributed by atoms with Gasteiger partial charge in [-0.15, -0.1) is 0 Å². The molecule has 2 unspecified atom stereocenters. The molecule has 0 saturated heterocycles. The number of nitrogens with two attached hydrogens (primary N) is 1. The van der Waals surface area contributed by atoms with Gasteiger partial charge >= 0.3 is 0 Å².